The molecule has 3 heteroatoms. The van der Waals surface area contributed by atoms with Crippen LogP contribution in [-0.2, 0) is 0 Å². The van der Waals surface area contributed by atoms with Gasteiger partial charge in [0.1, 0.15) is 0 Å². The lowest BCUT2D eigenvalue weighted by atomic mass is 10.2. The summed E-state index contributed by atoms with van der Waals surface area (Å²) in [6.45, 7) is 8.49. The first-order valence-corrected chi connectivity index (χ1v) is 5.78. The molecule has 1 atom stereocenters. The monoisotopic (exact) mass is 256 g/mol. The first-order chi connectivity index (χ1) is 6.50. The van der Waals surface area contributed by atoms with Gasteiger partial charge in [0.2, 0.25) is 0 Å². The fourth-order valence-corrected chi connectivity index (χ4v) is 1.22. The van der Waals surface area contributed by atoms with Crippen LogP contribution in [0.1, 0.15) is 39.3 Å². The van der Waals surface area contributed by atoms with E-state index in [2.05, 4.69) is 61.0 Å². The highest BCUT2D eigenvalue weighted by atomic mass is 79.9. The Hall–Kier alpha value is -0.570. The predicted molar refractivity (Wildman–Crippen MR) is 64.7 cm³/mol. The molecule has 1 unspecified atom stereocenters. The smallest absolute Gasteiger partial charge is 0.0562 e. The average molecular weight is 257 g/mol. The van der Waals surface area contributed by atoms with E-state index in [0.717, 1.165) is 0 Å². The first-order valence-electron chi connectivity index (χ1n) is 4.87. The predicted octanol–water partition coefficient (Wildman–Crippen LogP) is 3.65. The molecule has 14 heavy (non-hydrogen) atoms. The molecule has 0 aromatic carbocycles. The van der Waals surface area contributed by atoms with Crippen molar-refractivity contribution in [1.29, 1.82) is 0 Å². The quantitative estimate of drug-likeness (QED) is 0.756. The molecule has 0 radical (unpaired) electrons. The number of rotatable bonds is 3. The van der Waals surface area contributed by atoms with Gasteiger partial charge in [0.25, 0.3) is 0 Å². The summed E-state index contributed by atoms with van der Waals surface area (Å²) in [6.07, 6.45) is 6.13. The van der Waals surface area contributed by atoms with Gasteiger partial charge in [-0.25, -0.2) is 0 Å². The Morgan fingerprint density at radius 2 is 2.14 bits per heavy atom. The van der Waals surface area contributed by atoms with E-state index in [9.17, 15) is 0 Å². The summed E-state index contributed by atoms with van der Waals surface area (Å²) in [5, 5.41) is 4.28. The van der Waals surface area contributed by atoms with Crippen molar-refractivity contribution in [2.24, 2.45) is 0 Å². The molecule has 0 saturated heterocycles. The number of hydrogen-bond acceptors (Lipinski definition) is 1. The van der Waals surface area contributed by atoms with Gasteiger partial charge in [-0.1, -0.05) is 27.6 Å². The van der Waals surface area contributed by atoms with Crippen molar-refractivity contribution < 1.29 is 0 Å². The van der Waals surface area contributed by atoms with Gasteiger partial charge in [-0.3, -0.25) is 4.68 Å². The van der Waals surface area contributed by atoms with E-state index in [0.29, 0.717) is 10.9 Å². The Balaban J connectivity index is 2.83. The molecule has 1 aromatic heterocycles. The van der Waals surface area contributed by atoms with Gasteiger partial charge in [-0.2, -0.15) is 5.10 Å². The Bertz CT molecular complexity index is 324. The molecule has 0 spiro atoms. The molecule has 1 aromatic rings. The van der Waals surface area contributed by atoms with Gasteiger partial charge >= 0.3 is 0 Å². The van der Waals surface area contributed by atoms with E-state index in [1.165, 1.54) is 11.1 Å². The van der Waals surface area contributed by atoms with Crippen LogP contribution < -0.4 is 0 Å². The molecule has 1 heterocycles. The summed E-state index contributed by atoms with van der Waals surface area (Å²) >= 11 is 3.54. The number of halogens is 1. The molecule has 0 amide bonds. The van der Waals surface area contributed by atoms with Crippen LogP contribution in [0.15, 0.2) is 18.0 Å². The Morgan fingerprint density at radius 1 is 1.50 bits per heavy atom. The molecule has 0 aliphatic heterocycles. The van der Waals surface area contributed by atoms with Crippen molar-refractivity contribution in [2.75, 3.05) is 0 Å². The third-order valence-electron chi connectivity index (χ3n) is 2.17. The van der Waals surface area contributed by atoms with Crippen LogP contribution in [0, 0.1) is 0 Å². The molecular weight excluding hydrogens is 240 g/mol. The lowest BCUT2D eigenvalue weighted by molar-refractivity contribution is 0.532. The fourth-order valence-electron chi connectivity index (χ4n) is 1.09. The van der Waals surface area contributed by atoms with Crippen LogP contribution in [0.25, 0.3) is 6.08 Å². The van der Waals surface area contributed by atoms with Gasteiger partial charge in [0.15, 0.2) is 0 Å². The molecule has 78 valence electrons. The zero-order valence-corrected chi connectivity index (χ0v) is 10.7. The van der Waals surface area contributed by atoms with Crippen LogP contribution in [-0.4, -0.2) is 14.6 Å². The lowest BCUT2D eigenvalue weighted by Gasteiger charge is -2.03. The van der Waals surface area contributed by atoms with Crippen LogP contribution in [0.3, 0.4) is 0 Å². The van der Waals surface area contributed by atoms with Crippen molar-refractivity contribution >= 4 is 22.0 Å². The van der Waals surface area contributed by atoms with E-state index in [1.807, 2.05) is 10.9 Å². The Morgan fingerprint density at radius 3 is 2.57 bits per heavy atom. The summed E-state index contributed by atoms with van der Waals surface area (Å²) in [5.74, 6) is 0. The highest BCUT2D eigenvalue weighted by Crippen LogP contribution is 2.15. The molecule has 0 saturated carbocycles. The number of allylic oxidation sites excluding steroid dienone is 1. The van der Waals surface area contributed by atoms with Gasteiger partial charge in [-0.05, 0) is 27.7 Å². The third-order valence-corrected chi connectivity index (χ3v) is 2.89. The maximum Gasteiger partial charge on any atom is 0.0562 e. The Kier molecular flexibility index (Phi) is 3.93. The standard InChI is InChI=1S/C11H17BrN2/c1-8(2)14-7-11(6-13-14)5-9(3)10(4)12/h5-8,10H,1-4H3/b9-5-. The number of hydrogen-bond donors (Lipinski definition) is 0. The van der Waals surface area contributed by atoms with Gasteiger partial charge in [0, 0.05) is 22.6 Å². The Labute approximate surface area is 94.1 Å². The summed E-state index contributed by atoms with van der Waals surface area (Å²) in [5.41, 5.74) is 2.48. The maximum absolute atomic E-state index is 4.28. The van der Waals surface area contributed by atoms with Crippen molar-refractivity contribution in [3.05, 3.63) is 23.5 Å². The molecule has 0 aliphatic rings. The van der Waals surface area contributed by atoms with E-state index < -0.39 is 0 Å². The normalized spacial score (nSPS) is 14.9. The highest BCUT2D eigenvalue weighted by Gasteiger charge is 2.02. The second-order valence-electron chi connectivity index (χ2n) is 3.85. The summed E-state index contributed by atoms with van der Waals surface area (Å²) in [7, 11) is 0. The minimum atomic E-state index is 0.421. The number of aromatic nitrogens is 2. The summed E-state index contributed by atoms with van der Waals surface area (Å²) in [6, 6.07) is 0.429. The van der Waals surface area contributed by atoms with Crippen molar-refractivity contribution in [1.82, 2.24) is 9.78 Å². The van der Waals surface area contributed by atoms with Crippen LogP contribution >= 0.6 is 15.9 Å². The van der Waals surface area contributed by atoms with E-state index in [-0.39, 0.29) is 0 Å². The first kappa shape index (κ1) is 11.5. The lowest BCUT2D eigenvalue weighted by Crippen LogP contribution is -1.99. The summed E-state index contributed by atoms with van der Waals surface area (Å²) < 4.78 is 1.97. The fraction of sp³-hybridized carbons (Fsp3) is 0.545. The van der Waals surface area contributed by atoms with Crippen LogP contribution in [0.4, 0.5) is 0 Å². The minimum absolute atomic E-state index is 0.421. The largest absolute Gasteiger partial charge is 0.270 e. The van der Waals surface area contributed by atoms with Gasteiger partial charge < -0.3 is 0 Å². The van der Waals surface area contributed by atoms with Crippen molar-refractivity contribution in [2.45, 2.75) is 38.6 Å². The summed E-state index contributed by atoms with van der Waals surface area (Å²) in [4.78, 5) is 0.421. The molecule has 1 rings (SSSR count). The van der Waals surface area contributed by atoms with Crippen LogP contribution in [0.2, 0.25) is 0 Å². The molecule has 0 fully saturated rings. The molecular formula is C11H17BrN2. The van der Waals surface area contributed by atoms with Crippen molar-refractivity contribution in [3.63, 3.8) is 0 Å². The zero-order chi connectivity index (χ0) is 10.7. The number of alkyl halides is 1. The van der Waals surface area contributed by atoms with Crippen molar-refractivity contribution in [3.8, 4) is 0 Å². The maximum atomic E-state index is 4.28. The highest BCUT2D eigenvalue weighted by molar-refractivity contribution is 9.09. The second-order valence-corrected chi connectivity index (χ2v) is 5.23. The van der Waals surface area contributed by atoms with Crippen LogP contribution in [0.5, 0.6) is 0 Å². The van der Waals surface area contributed by atoms with Gasteiger partial charge in [-0.15, -0.1) is 0 Å². The second kappa shape index (κ2) is 4.78. The van der Waals surface area contributed by atoms with E-state index >= 15 is 0 Å². The topological polar surface area (TPSA) is 17.8 Å². The third kappa shape index (κ3) is 2.98. The van der Waals surface area contributed by atoms with Gasteiger partial charge in [0.05, 0.1) is 6.20 Å². The molecule has 0 aliphatic carbocycles. The van der Waals surface area contributed by atoms with E-state index in [4.69, 9.17) is 0 Å². The van der Waals surface area contributed by atoms with E-state index in [1.54, 1.807) is 0 Å². The minimum Gasteiger partial charge on any atom is -0.270 e. The molecule has 0 N–H and O–H groups in total. The molecule has 2 nitrogen and oxygen atoms in total. The SMILES string of the molecule is C/C(=C/c1cnn(C(C)C)c1)C(C)Br. The number of nitrogens with zero attached hydrogens (tertiary/aromatic N) is 2. The zero-order valence-electron chi connectivity index (χ0n) is 9.16. The molecule has 0 bridgehead atoms. The average Bonchev–Trinajstić information content (AvgIpc) is 2.52.